The minimum atomic E-state index is -0.786. The smallest absolute Gasteiger partial charge is 0.266 e. The van der Waals surface area contributed by atoms with Gasteiger partial charge in [-0.05, 0) is 49.4 Å². The quantitative estimate of drug-likeness (QED) is 0.473. The van der Waals surface area contributed by atoms with E-state index < -0.39 is 12.0 Å². The summed E-state index contributed by atoms with van der Waals surface area (Å²) in [5, 5.41) is 17.4. The maximum absolute atomic E-state index is 12.7. The van der Waals surface area contributed by atoms with Crippen molar-refractivity contribution in [3.05, 3.63) is 76.9 Å². The van der Waals surface area contributed by atoms with Gasteiger partial charge in [-0.2, -0.15) is 15.0 Å². The van der Waals surface area contributed by atoms with Crippen molar-refractivity contribution in [1.82, 2.24) is 14.8 Å². The predicted molar refractivity (Wildman–Crippen MR) is 116 cm³/mol. The summed E-state index contributed by atoms with van der Waals surface area (Å²) >= 11 is 3.36. The molecule has 1 unspecified atom stereocenters. The third-order valence-electron chi connectivity index (χ3n) is 4.43. The number of carbonyl (C=O) groups excluding carboxylic acids is 1. The first-order chi connectivity index (χ1) is 14.5. The Bertz CT molecular complexity index is 1260. The molecule has 148 valence electrons. The Hall–Kier alpha value is -3.70. The van der Waals surface area contributed by atoms with E-state index in [1.165, 1.54) is 10.9 Å². The van der Waals surface area contributed by atoms with E-state index >= 15 is 0 Å². The van der Waals surface area contributed by atoms with Gasteiger partial charge in [-0.25, -0.2) is 4.98 Å². The molecule has 0 saturated heterocycles. The Kier molecular flexibility index (Phi) is 5.46. The lowest BCUT2D eigenvalue weighted by molar-refractivity contribution is -0.122. The number of hydrogen-bond donors (Lipinski definition) is 1. The molecule has 4 rings (SSSR count). The lowest BCUT2D eigenvalue weighted by Crippen LogP contribution is -2.31. The molecule has 2 heterocycles. The van der Waals surface area contributed by atoms with Crippen molar-refractivity contribution in [2.75, 3.05) is 5.32 Å². The van der Waals surface area contributed by atoms with Crippen LogP contribution in [-0.2, 0) is 4.79 Å². The number of carbonyl (C=O) groups is 1. The average Bonchev–Trinajstić information content (AvgIpc) is 3.17. The zero-order chi connectivity index (χ0) is 21.1. The standard InChI is InChI=1S/C22H16BrN5O2/c1-14(30-18-9-7-17(23)8-10-18)22(29)27-21-16(12-24)13-25-28(21)20-11-6-15-4-2-3-5-19(15)26-20/h2-11,13-14H,1H3,(H,27,29). The monoisotopic (exact) mass is 461 g/mol. The predicted octanol–water partition coefficient (Wildman–Crippen LogP) is 4.46. The van der Waals surface area contributed by atoms with Crippen molar-refractivity contribution >= 4 is 38.6 Å². The molecule has 4 aromatic rings. The minimum Gasteiger partial charge on any atom is -0.481 e. The number of benzene rings is 2. The van der Waals surface area contributed by atoms with Crippen molar-refractivity contribution < 1.29 is 9.53 Å². The highest BCUT2D eigenvalue weighted by atomic mass is 79.9. The summed E-state index contributed by atoms with van der Waals surface area (Å²) in [6.45, 7) is 1.64. The molecule has 0 bridgehead atoms. The molecule has 1 N–H and O–H groups in total. The third-order valence-corrected chi connectivity index (χ3v) is 4.96. The molecule has 7 nitrogen and oxygen atoms in total. The zero-order valence-corrected chi connectivity index (χ0v) is 17.5. The van der Waals surface area contributed by atoms with Gasteiger partial charge in [0, 0.05) is 9.86 Å². The highest BCUT2D eigenvalue weighted by Crippen LogP contribution is 2.22. The van der Waals surface area contributed by atoms with Crippen LogP contribution in [0.1, 0.15) is 12.5 Å². The fourth-order valence-corrected chi connectivity index (χ4v) is 3.15. The number of nitriles is 1. The van der Waals surface area contributed by atoms with Crippen LogP contribution in [-0.4, -0.2) is 26.8 Å². The van der Waals surface area contributed by atoms with Gasteiger partial charge in [0.25, 0.3) is 5.91 Å². The number of nitrogens with zero attached hydrogens (tertiary/aromatic N) is 4. The second kappa shape index (κ2) is 8.35. The third kappa shape index (κ3) is 4.02. The van der Waals surface area contributed by atoms with Crippen molar-refractivity contribution in [2.45, 2.75) is 13.0 Å². The van der Waals surface area contributed by atoms with Crippen LogP contribution >= 0.6 is 15.9 Å². The maximum atomic E-state index is 12.7. The summed E-state index contributed by atoms with van der Waals surface area (Å²) in [6, 6.07) is 20.6. The lowest BCUT2D eigenvalue weighted by atomic mass is 10.2. The first-order valence-corrected chi connectivity index (χ1v) is 9.92. The van der Waals surface area contributed by atoms with E-state index in [9.17, 15) is 10.1 Å². The van der Waals surface area contributed by atoms with Crippen LogP contribution in [0.3, 0.4) is 0 Å². The van der Waals surface area contributed by atoms with Crippen LogP contribution in [0.15, 0.2) is 71.3 Å². The number of anilines is 1. The Morgan fingerprint density at radius 2 is 1.93 bits per heavy atom. The van der Waals surface area contributed by atoms with E-state index in [0.717, 1.165) is 15.4 Å². The summed E-state index contributed by atoms with van der Waals surface area (Å²) in [7, 11) is 0. The summed E-state index contributed by atoms with van der Waals surface area (Å²) in [5.41, 5.74) is 1.02. The summed E-state index contributed by atoms with van der Waals surface area (Å²) in [6.07, 6.45) is 0.609. The first kappa shape index (κ1) is 19.6. The van der Waals surface area contributed by atoms with Crippen molar-refractivity contribution in [2.24, 2.45) is 0 Å². The van der Waals surface area contributed by atoms with Crippen molar-refractivity contribution in [3.63, 3.8) is 0 Å². The van der Waals surface area contributed by atoms with E-state index in [0.29, 0.717) is 11.6 Å². The summed E-state index contributed by atoms with van der Waals surface area (Å²) in [4.78, 5) is 17.3. The second-order valence-electron chi connectivity index (χ2n) is 6.50. The Morgan fingerprint density at radius 1 is 1.17 bits per heavy atom. The average molecular weight is 462 g/mol. The van der Waals surface area contributed by atoms with Crippen LogP contribution < -0.4 is 10.1 Å². The number of amides is 1. The normalized spacial score (nSPS) is 11.6. The fraction of sp³-hybridized carbons (Fsp3) is 0.0909. The van der Waals surface area contributed by atoms with E-state index in [1.54, 1.807) is 25.1 Å². The van der Waals surface area contributed by atoms with Gasteiger partial charge in [-0.1, -0.05) is 34.1 Å². The van der Waals surface area contributed by atoms with Crippen LogP contribution in [0.2, 0.25) is 0 Å². The zero-order valence-electron chi connectivity index (χ0n) is 15.9. The minimum absolute atomic E-state index is 0.231. The number of ether oxygens (including phenoxy) is 1. The molecule has 0 spiro atoms. The molecule has 0 saturated carbocycles. The molecule has 0 aliphatic heterocycles. The number of halogens is 1. The number of hydrogen-bond acceptors (Lipinski definition) is 5. The van der Waals surface area contributed by atoms with Crippen LogP contribution in [0.4, 0.5) is 5.82 Å². The molecule has 0 fully saturated rings. The van der Waals surface area contributed by atoms with E-state index in [-0.39, 0.29) is 11.4 Å². The van der Waals surface area contributed by atoms with Crippen molar-refractivity contribution in [1.29, 1.82) is 5.26 Å². The number of nitrogens with one attached hydrogen (secondary N) is 1. The Balaban J connectivity index is 1.60. The first-order valence-electron chi connectivity index (χ1n) is 9.12. The van der Waals surface area contributed by atoms with Gasteiger partial charge in [-0.3, -0.25) is 4.79 Å². The molecule has 2 aromatic carbocycles. The van der Waals surface area contributed by atoms with E-state index in [2.05, 4.69) is 37.4 Å². The summed E-state index contributed by atoms with van der Waals surface area (Å²) in [5.74, 6) is 0.895. The maximum Gasteiger partial charge on any atom is 0.266 e. The van der Waals surface area contributed by atoms with Crippen LogP contribution in [0.5, 0.6) is 5.75 Å². The molecule has 0 aliphatic rings. The number of pyridine rings is 1. The highest BCUT2D eigenvalue weighted by Gasteiger charge is 2.21. The highest BCUT2D eigenvalue weighted by molar-refractivity contribution is 9.10. The van der Waals surface area contributed by atoms with Gasteiger partial charge in [-0.15, -0.1) is 0 Å². The Labute approximate surface area is 181 Å². The molecule has 1 atom stereocenters. The number of rotatable bonds is 5. The summed E-state index contributed by atoms with van der Waals surface area (Å²) < 4.78 is 8.05. The molecule has 0 radical (unpaired) electrons. The van der Waals surface area contributed by atoms with Gasteiger partial charge in [0.05, 0.1) is 11.7 Å². The molecule has 2 aromatic heterocycles. The number of fused-ring (bicyclic) bond motifs is 1. The van der Waals surface area contributed by atoms with E-state index in [4.69, 9.17) is 4.74 Å². The Morgan fingerprint density at radius 3 is 2.70 bits per heavy atom. The molecule has 0 aliphatic carbocycles. The van der Waals surface area contributed by atoms with Gasteiger partial charge in [0.2, 0.25) is 0 Å². The largest absolute Gasteiger partial charge is 0.481 e. The second-order valence-corrected chi connectivity index (χ2v) is 7.41. The fourth-order valence-electron chi connectivity index (χ4n) is 2.89. The molecule has 1 amide bonds. The van der Waals surface area contributed by atoms with Gasteiger partial charge in [0.1, 0.15) is 17.4 Å². The molecule has 30 heavy (non-hydrogen) atoms. The van der Waals surface area contributed by atoms with Crippen LogP contribution in [0.25, 0.3) is 16.7 Å². The topological polar surface area (TPSA) is 92.8 Å². The van der Waals surface area contributed by atoms with Gasteiger partial charge in [0.15, 0.2) is 17.7 Å². The van der Waals surface area contributed by atoms with Crippen LogP contribution in [0, 0.1) is 11.3 Å². The molecular weight excluding hydrogens is 446 g/mol. The molecule has 8 heteroatoms. The van der Waals surface area contributed by atoms with Gasteiger partial charge < -0.3 is 10.1 Å². The molecular formula is C22H16BrN5O2. The lowest BCUT2D eigenvalue weighted by Gasteiger charge is -2.15. The van der Waals surface area contributed by atoms with Crippen molar-refractivity contribution in [3.8, 4) is 17.6 Å². The SMILES string of the molecule is CC(Oc1ccc(Br)cc1)C(=O)Nc1c(C#N)cnn1-c1ccc2ccccc2n1. The van der Waals surface area contributed by atoms with E-state index in [1.807, 2.05) is 42.5 Å². The van der Waals surface area contributed by atoms with Gasteiger partial charge >= 0.3 is 0 Å². The number of para-hydroxylation sites is 1. The number of aromatic nitrogens is 3.